The minimum absolute atomic E-state index is 0.0977. The van der Waals surface area contributed by atoms with Crippen molar-refractivity contribution in [3.63, 3.8) is 0 Å². The quantitative estimate of drug-likeness (QED) is 0.277. The Balaban J connectivity index is 1.82. The predicted molar refractivity (Wildman–Crippen MR) is 139 cm³/mol. The summed E-state index contributed by atoms with van der Waals surface area (Å²) < 4.78 is 16.6. The summed E-state index contributed by atoms with van der Waals surface area (Å²) in [6, 6.07) is 0.126. The molecule has 2 saturated heterocycles. The van der Waals surface area contributed by atoms with E-state index in [0.717, 1.165) is 32.3 Å². The number of nitrogens with one attached hydrogen (secondary N) is 1. The molecule has 0 radical (unpaired) electrons. The first-order chi connectivity index (χ1) is 16.0. The highest BCUT2D eigenvalue weighted by atomic mass is 32.2. The zero-order valence-corrected chi connectivity index (χ0v) is 22.7. The van der Waals surface area contributed by atoms with Crippen LogP contribution in [0, 0.1) is 5.92 Å². The van der Waals surface area contributed by atoms with E-state index in [1.807, 2.05) is 11.8 Å². The first-order valence-electron chi connectivity index (χ1n) is 12.3. The Morgan fingerprint density at radius 1 is 1.26 bits per heavy atom. The molecule has 0 aromatic rings. The summed E-state index contributed by atoms with van der Waals surface area (Å²) >= 11 is 1.95. The van der Waals surface area contributed by atoms with E-state index < -0.39 is 6.10 Å². The van der Waals surface area contributed by atoms with Crippen molar-refractivity contribution in [3.8, 4) is 0 Å². The van der Waals surface area contributed by atoms with Crippen LogP contribution in [0.1, 0.15) is 67.2 Å². The van der Waals surface area contributed by atoms with Crippen molar-refractivity contribution in [2.45, 2.75) is 102 Å². The van der Waals surface area contributed by atoms with Crippen molar-refractivity contribution >= 4 is 23.6 Å². The van der Waals surface area contributed by atoms with Crippen molar-refractivity contribution < 1.29 is 23.8 Å². The first-order valence-corrected chi connectivity index (χ1v) is 13.3. The maximum atomic E-state index is 12.3. The molecule has 1 N–H and O–H groups in total. The minimum atomic E-state index is -0.414. The third kappa shape index (κ3) is 9.59. The number of ether oxygens (including phenoxy) is 3. The summed E-state index contributed by atoms with van der Waals surface area (Å²) in [7, 11) is 1.78. The van der Waals surface area contributed by atoms with Gasteiger partial charge in [-0.15, -0.1) is 0 Å². The lowest BCUT2D eigenvalue weighted by Gasteiger charge is -2.38. The zero-order chi connectivity index (χ0) is 25.3. The highest BCUT2D eigenvalue weighted by Gasteiger charge is 2.33. The lowest BCUT2D eigenvalue weighted by molar-refractivity contribution is -0.143. The molecule has 192 valence electrons. The number of thioether (sulfide) groups is 1. The highest BCUT2D eigenvalue weighted by molar-refractivity contribution is 8.00. The van der Waals surface area contributed by atoms with Crippen LogP contribution in [0.2, 0.25) is 0 Å². The number of rotatable bonds is 9. The highest BCUT2D eigenvalue weighted by Crippen LogP contribution is 2.38. The van der Waals surface area contributed by atoms with Gasteiger partial charge >= 0.3 is 5.97 Å². The van der Waals surface area contributed by atoms with Gasteiger partial charge in [0.1, 0.15) is 6.10 Å². The maximum absolute atomic E-state index is 12.3. The van der Waals surface area contributed by atoms with Crippen molar-refractivity contribution in [2.75, 3.05) is 13.7 Å². The van der Waals surface area contributed by atoms with E-state index in [1.165, 1.54) is 18.6 Å². The van der Waals surface area contributed by atoms with Gasteiger partial charge in [0.05, 0.1) is 18.3 Å². The monoisotopic (exact) mass is 493 g/mol. The molecule has 2 fully saturated rings. The minimum Gasteiger partial charge on any atom is -0.459 e. The Hall–Kier alpha value is -1.57. The maximum Gasteiger partial charge on any atom is 0.303 e. The van der Waals surface area contributed by atoms with Crippen LogP contribution >= 0.6 is 11.8 Å². The fourth-order valence-corrected chi connectivity index (χ4v) is 5.93. The van der Waals surface area contributed by atoms with Gasteiger partial charge in [0, 0.05) is 43.1 Å². The topological polar surface area (TPSA) is 73.9 Å². The van der Waals surface area contributed by atoms with Crippen LogP contribution < -0.4 is 5.32 Å². The molecule has 2 rings (SSSR count). The van der Waals surface area contributed by atoms with E-state index >= 15 is 0 Å². The molecule has 0 aliphatic carbocycles. The second kappa shape index (κ2) is 13.5. The molecule has 34 heavy (non-hydrogen) atoms. The van der Waals surface area contributed by atoms with Crippen LogP contribution in [-0.4, -0.2) is 59.9 Å². The van der Waals surface area contributed by atoms with E-state index in [2.05, 4.69) is 51.2 Å². The van der Waals surface area contributed by atoms with Crippen LogP contribution in [-0.2, 0) is 23.8 Å². The molecule has 7 heteroatoms. The second-order valence-electron chi connectivity index (χ2n) is 9.94. The Morgan fingerprint density at radius 2 is 2.00 bits per heavy atom. The Kier molecular flexibility index (Phi) is 11.4. The van der Waals surface area contributed by atoms with Crippen molar-refractivity contribution in [2.24, 2.45) is 5.92 Å². The Morgan fingerprint density at radius 3 is 2.68 bits per heavy atom. The number of esters is 1. The number of methoxy groups -OCH3 is 1. The van der Waals surface area contributed by atoms with E-state index in [4.69, 9.17) is 14.2 Å². The smallest absolute Gasteiger partial charge is 0.303 e. The lowest BCUT2D eigenvalue weighted by Crippen LogP contribution is -2.46. The van der Waals surface area contributed by atoms with Crippen molar-refractivity contribution in [1.82, 2.24) is 5.32 Å². The summed E-state index contributed by atoms with van der Waals surface area (Å²) in [5, 5.41) is 3.98. The molecular weight excluding hydrogens is 450 g/mol. The van der Waals surface area contributed by atoms with E-state index in [9.17, 15) is 9.59 Å². The summed E-state index contributed by atoms with van der Waals surface area (Å²) in [6.07, 6.45) is 13.2. The molecule has 2 aliphatic heterocycles. The standard InChI is InChI=1S/C27H43NO5S/c1-18(8-11-23-17-27(6,31-7)14-15-32-23)9-12-25-19(2)16-24(21(4)34-25)28-26(30)13-10-20(3)33-22(5)29/h8-11,13,19-21,23-25H,12,14-17H2,1-7H3,(H,28,30)/b11-8+,13-10-,18-9+/t19?,20-,21+,23+,24+,25-,27?/m0/s1. The molecule has 0 spiro atoms. The van der Waals surface area contributed by atoms with Crippen molar-refractivity contribution in [3.05, 3.63) is 36.0 Å². The van der Waals surface area contributed by atoms with E-state index in [0.29, 0.717) is 16.4 Å². The molecule has 2 aliphatic rings. The first kappa shape index (κ1) is 28.7. The lowest BCUT2D eigenvalue weighted by atomic mass is 9.91. The van der Waals surface area contributed by atoms with Gasteiger partial charge in [-0.1, -0.05) is 37.6 Å². The van der Waals surface area contributed by atoms with Gasteiger partial charge in [-0.05, 0) is 52.0 Å². The van der Waals surface area contributed by atoms with Gasteiger partial charge in [0.15, 0.2) is 0 Å². The third-order valence-corrected chi connectivity index (χ3v) is 8.51. The summed E-state index contributed by atoms with van der Waals surface area (Å²) in [6.45, 7) is 12.6. The van der Waals surface area contributed by atoms with Crippen molar-refractivity contribution in [1.29, 1.82) is 0 Å². The molecule has 7 atom stereocenters. The molecule has 2 unspecified atom stereocenters. The predicted octanol–water partition coefficient (Wildman–Crippen LogP) is 4.99. The average Bonchev–Trinajstić information content (AvgIpc) is 2.77. The molecular formula is C27H43NO5S. The average molecular weight is 494 g/mol. The number of carbonyl (C=O) groups excluding carboxylic acids is 2. The molecule has 0 bridgehead atoms. The second-order valence-corrected chi connectivity index (χ2v) is 11.6. The largest absolute Gasteiger partial charge is 0.459 e. The van der Waals surface area contributed by atoms with Gasteiger partial charge in [-0.2, -0.15) is 11.8 Å². The fraction of sp³-hybridized carbons (Fsp3) is 0.704. The number of amides is 1. The molecule has 0 saturated carbocycles. The van der Waals surface area contributed by atoms with Gasteiger partial charge in [-0.3, -0.25) is 9.59 Å². The molecule has 6 nitrogen and oxygen atoms in total. The summed E-state index contributed by atoms with van der Waals surface area (Å²) in [5.74, 6) is -0.00374. The molecule has 1 amide bonds. The summed E-state index contributed by atoms with van der Waals surface area (Å²) in [4.78, 5) is 23.3. The van der Waals surface area contributed by atoms with E-state index in [-0.39, 0.29) is 29.6 Å². The SMILES string of the molecule is COC1(C)CCO[C@H](/C=C/C(C)=C/C[C@@H]2S[C@H](C)[C@H](NC(=O)/C=C\[C@H](C)OC(C)=O)CC2C)C1. The fourth-order valence-electron chi connectivity index (χ4n) is 4.42. The van der Waals surface area contributed by atoms with Crippen LogP contribution in [0.4, 0.5) is 0 Å². The Labute approximate surface area is 209 Å². The van der Waals surface area contributed by atoms with Crippen LogP contribution in [0.15, 0.2) is 36.0 Å². The third-order valence-electron chi connectivity index (χ3n) is 6.75. The van der Waals surface area contributed by atoms with Crippen LogP contribution in [0.25, 0.3) is 0 Å². The number of hydrogen-bond donors (Lipinski definition) is 1. The molecule has 0 aromatic heterocycles. The normalized spacial score (nSPS) is 33.7. The van der Waals surface area contributed by atoms with Crippen LogP contribution in [0.3, 0.4) is 0 Å². The number of carbonyl (C=O) groups is 2. The molecule has 2 heterocycles. The summed E-state index contributed by atoms with van der Waals surface area (Å²) in [5.41, 5.74) is 1.15. The Bertz CT molecular complexity index is 779. The number of allylic oxidation sites excluding steroid dienone is 3. The number of hydrogen-bond acceptors (Lipinski definition) is 6. The van der Waals surface area contributed by atoms with Gasteiger partial charge < -0.3 is 19.5 Å². The van der Waals surface area contributed by atoms with Gasteiger partial charge in [0.2, 0.25) is 5.91 Å². The van der Waals surface area contributed by atoms with Crippen LogP contribution in [0.5, 0.6) is 0 Å². The van der Waals surface area contributed by atoms with E-state index in [1.54, 1.807) is 20.1 Å². The van der Waals surface area contributed by atoms with Gasteiger partial charge in [-0.25, -0.2) is 0 Å². The van der Waals surface area contributed by atoms with Gasteiger partial charge in [0.25, 0.3) is 0 Å². The zero-order valence-electron chi connectivity index (χ0n) is 21.8. The molecule has 0 aromatic carbocycles.